The Morgan fingerprint density at radius 1 is 1.21 bits per heavy atom. The molecule has 0 radical (unpaired) electrons. The summed E-state index contributed by atoms with van der Waals surface area (Å²) in [4.78, 5) is 31.5. The number of para-hydroxylation sites is 1. The molecule has 1 aliphatic rings. The number of hydrogen-bond donors (Lipinski definition) is 1. The van der Waals surface area contributed by atoms with E-state index in [0.717, 1.165) is 24.4 Å². The van der Waals surface area contributed by atoms with Crippen LogP contribution in [0.1, 0.15) is 52.8 Å². The van der Waals surface area contributed by atoms with Crippen molar-refractivity contribution < 1.29 is 14.3 Å². The monoisotopic (exact) mass is 399 g/mol. The van der Waals surface area contributed by atoms with Crippen LogP contribution >= 0.6 is 0 Å². The second kappa shape index (κ2) is 8.63. The Hall–Kier alpha value is -2.90. The average Bonchev–Trinajstić information content (AvgIpc) is 3.10. The number of nitrogens with zero attached hydrogens (tertiary/aromatic N) is 4. The average molecular weight is 399 g/mol. The van der Waals surface area contributed by atoms with Crippen molar-refractivity contribution >= 4 is 17.9 Å². The molecule has 1 atom stereocenters. The molecule has 2 heterocycles. The smallest absolute Gasteiger partial charge is 0.410 e. The van der Waals surface area contributed by atoms with E-state index in [9.17, 15) is 9.59 Å². The molecule has 1 fully saturated rings. The van der Waals surface area contributed by atoms with Gasteiger partial charge in [-0.3, -0.25) is 15.0 Å². The number of aromatic nitrogens is 3. The number of piperidine rings is 1. The largest absolute Gasteiger partial charge is 0.444 e. The highest BCUT2D eigenvalue weighted by molar-refractivity contribution is 5.95. The summed E-state index contributed by atoms with van der Waals surface area (Å²) in [5, 5.41) is 7.25. The van der Waals surface area contributed by atoms with Gasteiger partial charge in [-0.2, -0.15) is 4.98 Å². The number of carbonyl (C=O) groups excluding carboxylic acids is 2. The lowest BCUT2D eigenvalue weighted by Gasteiger charge is -2.35. The van der Waals surface area contributed by atoms with Crippen LogP contribution in [0.4, 0.5) is 10.7 Å². The minimum absolute atomic E-state index is 0.241. The zero-order valence-corrected chi connectivity index (χ0v) is 17.5. The van der Waals surface area contributed by atoms with Crippen LogP contribution in [0.25, 0.3) is 5.69 Å². The van der Waals surface area contributed by atoms with Gasteiger partial charge in [-0.25, -0.2) is 9.48 Å². The lowest BCUT2D eigenvalue weighted by Crippen LogP contribution is -2.51. The maximum atomic E-state index is 12.9. The third kappa shape index (κ3) is 5.13. The molecule has 2 amide bonds. The molecule has 156 valence electrons. The van der Waals surface area contributed by atoms with E-state index in [1.165, 1.54) is 4.90 Å². The minimum atomic E-state index is -0.610. The molecule has 8 heteroatoms. The number of likely N-dealkylation sites (tertiary alicyclic amines) is 1. The van der Waals surface area contributed by atoms with Gasteiger partial charge in [-0.15, -0.1) is 5.10 Å². The molecule has 0 aliphatic carbocycles. The van der Waals surface area contributed by atoms with Gasteiger partial charge in [0.1, 0.15) is 17.5 Å². The molecule has 1 aromatic carbocycles. The van der Waals surface area contributed by atoms with Crippen LogP contribution in [0, 0.1) is 0 Å². The van der Waals surface area contributed by atoms with Crippen LogP contribution in [-0.4, -0.2) is 49.9 Å². The van der Waals surface area contributed by atoms with Crippen LogP contribution in [0.3, 0.4) is 0 Å². The second-order valence-corrected chi connectivity index (χ2v) is 8.13. The van der Waals surface area contributed by atoms with Crippen molar-refractivity contribution in [3.63, 3.8) is 0 Å². The van der Waals surface area contributed by atoms with Crippen molar-refractivity contribution in [1.29, 1.82) is 0 Å². The summed E-state index contributed by atoms with van der Waals surface area (Å²) in [6.45, 7) is 7.93. The van der Waals surface area contributed by atoms with Gasteiger partial charge in [0.05, 0.1) is 5.69 Å². The summed E-state index contributed by atoms with van der Waals surface area (Å²) in [6.07, 6.45) is 2.53. The molecule has 29 heavy (non-hydrogen) atoms. The van der Waals surface area contributed by atoms with E-state index >= 15 is 0 Å². The van der Waals surface area contributed by atoms with Gasteiger partial charge in [0.15, 0.2) is 0 Å². The molecule has 0 bridgehead atoms. The predicted molar refractivity (Wildman–Crippen MR) is 110 cm³/mol. The molecule has 0 saturated carbocycles. The summed E-state index contributed by atoms with van der Waals surface area (Å²) in [5.74, 6) is 0.702. The normalized spacial score (nSPS) is 17.1. The number of rotatable bonds is 4. The molecule has 2 aromatic rings. The molecule has 1 aromatic heterocycles. The first kappa shape index (κ1) is 20.8. The highest BCUT2D eigenvalue weighted by Crippen LogP contribution is 2.22. The van der Waals surface area contributed by atoms with Gasteiger partial charge in [-0.05, 0) is 52.2 Å². The summed E-state index contributed by atoms with van der Waals surface area (Å²) >= 11 is 0. The van der Waals surface area contributed by atoms with Gasteiger partial charge in [0.2, 0.25) is 11.9 Å². The van der Waals surface area contributed by atoms with Crippen LogP contribution in [0.15, 0.2) is 30.3 Å². The van der Waals surface area contributed by atoms with Crippen molar-refractivity contribution in [1.82, 2.24) is 19.7 Å². The highest BCUT2D eigenvalue weighted by Gasteiger charge is 2.35. The maximum Gasteiger partial charge on any atom is 0.410 e. The summed E-state index contributed by atoms with van der Waals surface area (Å²) < 4.78 is 7.20. The van der Waals surface area contributed by atoms with Crippen LogP contribution in [0.2, 0.25) is 0 Å². The van der Waals surface area contributed by atoms with E-state index in [1.54, 1.807) is 4.68 Å². The van der Waals surface area contributed by atoms with Gasteiger partial charge >= 0.3 is 6.09 Å². The first-order valence-electron chi connectivity index (χ1n) is 10.1. The fourth-order valence-electron chi connectivity index (χ4n) is 3.34. The maximum absolute atomic E-state index is 12.9. The highest BCUT2D eigenvalue weighted by atomic mass is 16.6. The lowest BCUT2D eigenvalue weighted by molar-refractivity contribution is -0.122. The van der Waals surface area contributed by atoms with Crippen molar-refractivity contribution in [2.45, 2.75) is 65.0 Å². The number of hydrogen-bond acceptors (Lipinski definition) is 5. The molecular weight excluding hydrogens is 370 g/mol. The van der Waals surface area contributed by atoms with Gasteiger partial charge in [0, 0.05) is 13.0 Å². The molecular formula is C21H29N5O3. The Morgan fingerprint density at radius 2 is 1.93 bits per heavy atom. The van der Waals surface area contributed by atoms with E-state index in [-0.39, 0.29) is 11.9 Å². The number of carbonyl (C=O) groups is 2. The third-order valence-corrected chi connectivity index (χ3v) is 4.66. The van der Waals surface area contributed by atoms with Crippen molar-refractivity contribution in [3.05, 3.63) is 36.2 Å². The first-order valence-corrected chi connectivity index (χ1v) is 10.1. The van der Waals surface area contributed by atoms with E-state index < -0.39 is 17.7 Å². The molecule has 1 aliphatic heterocycles. The summed E-state index contributed by atoms with van der Waals surface area (Å²) in [6, 6.07) is 9.07. The molecule has 3 rings (SSSR count). The molecule has 1 N–H and O–H groups in total. The second-order valence-electron chi connectivity index (χ2n) is 8.13. The summed E-state index contributed by atoms with van der Waals surface area (Å²) in [7, 11) is 0. The van der Waals surface area contributed by atoms with Crippen LogP contribution < -0.4 is 5.32 Å². The Kier molecular flexibility index (Phi) is 6.20. The minimum Gasteiger partial charge on any atom is -0.444 e. The lowest BCUT2D eigenvalue weighted by atomic mass is 10.0. The number of benzene rings is 1. The first-order chi connectivity index (χ1) is 13.8. The van der Waals surface area contributed by atoms with E-state index in [4.69, 9.17) is 4.74 Å². The fraction of sp³-hybridized carbons (Fsp3) is 0.524. The topological polar surface area (TPSA) is 89.3 Å². The molecule has 1 saturated heterocycles. The molecule has 0 spiro atoms. The number of ether oxygens (including phenoxy) is 1. The Labute approximate surface area is 171 Å². The quantitative estimate of drug-likeness (QED) is 0.849. The van der Waals surface area contributed by atoms with Gasteiger partial charge < -0.3 is 4.74 Å². The SMILES string of the molecule is CCc1nc(NC(=O)[C@@H]2CCCCN2C(=O)OC(C)(C)C)nn1-c1ccccc1. The standard InChI is InChI=1S/C21H29N5O3/c1-5-17-22-19(24-26(17)15-11-7-6-8-12-15)23-18(27)16-13-9-10-14-25(16)20(28)29-21(2,3)4/h6-8,11-12,16H,5,9-10,13-14H2,1-4H3,(H,23,24,27)/t16-/m0/s1. The number of anilines is 1. The van der Waals surface area contributed by atoms with Gasteiger partial charge in [0.25, 0.3) is 0 Å². The molecule has 8 nitrogen and oxygen atoms in total. The zero-order valence-electron chi connectivity index (χ0n) is 17.5. The zero-order chi connectivity index (χ0) is 21.0. The van der Waals surface area contributed by atoms with Crippen molar-refractivity contribution in [2.75, 3.05) is 11.9 Å². The van der Waals surface area contributed by atoms with Crippen molar-refractivity contribution in [3.8, 4) is 5.69 Å². The number of nitrogens with one attached hydrogen (secondary N) is 1. The fourth-order valence-corrected chi connectivity index (χ4v) is 3.34. The number of aryl methyl sites for hydroxylation is 1. The Bertz CT molecular complexity index is 857. The number of amides is 2. The van der Waals surface area contributed by atoms with E-state index in [0.29, 0.717) is 19.4 Å². The predicted octanol–water partition coefficient (Wildman–Crippen LogP) is 3.56. The van der Waals surface area contributed by atoms with Crippen LogP contribution in [-0.2, 0) is 16.0 Å². The van der Waals surface area contributed by atoms with Gasteiger partial charge in [-0.1, -0.05) is 25.1 Å². The van der Waals surface area contributed by atoms with Crippen LogP contribution in [0.5, 0.6) is 0 Å². The molecule has 0 unspecified atom stereocenters. The Morgan fingerprint density at radius 3 is 2.59 bits per heavy atom. The summed E-state index contributed by atoms with van der Waals surface area (Å²) in [5.41, 5.74) is 0.270. The van der Waals surface area contributed by atoms with E-state index in [1.807, 2.05) is 58.0 Å². The van der Waals surface area contributed by atoms with E-state index in [2.05, 4.69) is 15.4 Å². The van der Waals surface area contributed by atoms with Crippen molar-refractivity contribution in [2.24, 2.45) is 0 Å². The third-order valence-electron chi connectivity index (χ3n) is 4.66. The Balaban J connectivity index is 1.76.